The monoisotopic (exact) mass is 255 g/mol. The van der Waals surface area contributed by atoms with E-state index in [1.54, 1.807) is 6.20 Å². The second kappa shape index (κ2) is 5.80. The van der Waals surface area contributed by atoms with E-state index in [1.165, 1.54) is 11.5 Å². The van der Waals surface area contributed by atoms with Crippen molar-refractivity contribution in [2.45, 2.75) is 19.4 Å². The van der Waals surface area contributed by atoms with Crippen molar-refractivity contribution >= 4 is 11.5 Å². The van der Waals surface area contributed by atoms with E-state index in [0.29, 0.717) is 24.9 Å². The van der Waals surface area contributed by atoms with Crippen LogP contribution in [0.2, 0.25) is 0 Å². The van der Waals surface area contributed by atoms with Gasteiger partial charge in [0.25, 0.3) is 5.89 Å². The normalized spacial score (nSPS) is 12.8. The Bertz CT molecular complexity index is 444. The summed E-state index contributed by atoms with van der Waals surface area (Å²) < 4.78 is 14.1. The molecule has 8 heteroatoms. The minimum Gasteiger partial charge on any atom is -0.379 e. The molecule has 2 rings (SSSR count). The Hall–Kier alpha value is -1.38. The van der Waals surface area contributed by atoms with Gasteiger partial charge in [0, 0.05) is 6.61 Å². The lowest BCUT2D eigenvalue weighted by Crippen LogP contribution is -2.18. The molecule has 17 heavy (non-hydrogen) atoms. The molecule has 2 aromatic heterocycles. The van der Waals surface area contributed by atoms with Crippen molar-refractivity contribution in [3.8, 4) is 10.8 Å². The molecule has 0 bridgehead atoms. The molecule has 0 saturated heterocycles. The smallest absolute Gasteiger partial charge is 0.271 e. The van der Waals surface area contributed by atoms with E-state index in [-0.39, 0.29) is 6.04 Å². The highest BCUT2D eigenvalue weighted by Gasteiger charge is 2.16. The van der Waals surface area contributed by atoms with Crippen molar-refractivity contribution in [2.75, 3.05) is 13.2 Å². The number of nitrogens with two attached hydrogens (primary N) is 1. The van der Waals surface area contributed by atoms with Crippen molar-refractivity contribution in [1.82, 2.24) is 19.7 Å². The highest BCUT2D eigenvalue weighted by Crippen LogP contribution is 2.20. The molecule has 7 nitrogen and oxygen atoms in total. The second-order valence-electron chi connectivity index (χ2n) is 3.42. The zero-order valence-electron chi connectivity index (χ0n) is 9.37. The van der Waals surface area contributed by atoms with E-state index in [0.717, 1.165) is 11.3 Å². The van der Waals surface area contributed by atoms with Gasteiger partial charge in [-0.2, -0.15) is 4.98 Å². The first-order chi connectivity index (χ1) is 8.31. The van der Waals surface area contributed by atoms with Crippen LogP contribution in [0.4, 0.5) is 0 Å². The topological polar surface area (TPSA) is 100.0 Å². The molecule has 0 radical (unpaired) electrons. The largest absolute Gasteiger partial charge is 0.379 e. The van der Waals surface area contributed by atoms with Crippen LogP contribution in [0.25, 0.3) is 10.8 Å². The third-order valence-electron chi connectivity index (χ3n) is 1.99. The molecule has 92 valence electrons. The SMILES string of the molecule is CCCOCC(N)c1noc(-c2cnns2)n1. The summed E-state index contributed by atoms with van der Waals surface area (Å²) in [5.74, 6) is 0.824. The zero-order valence-corrected chi connectivity index (χ0v) is 10.2. The van der Waals surface area contributed by atoms with Crippen LogP contribution in [0, 0.1) is 0 Å². The molecule has 1 unspecified atom stereocenters. The van der Waals surface area contributed by atoms with Gasteiger partial charge < -0.3 is 15.0 Å². The number of hydrogen-bond acceptors (Lipinski definition) is 8. The lowest BCUT2D eigenvalue weighted by atomic mass is 10.3. The van der Waals surface area contributed by atoms with Crippen molar-refractivity contribution in [1.29, 1.82) is 0 Å². The van der Waals surface area contributed by atoms with E-state index in [1.807, 2.05) is 6.92 Å². The maximum atomic E-state index is 5.86. The molecule has 2 N–H and O–H groups in total. The number of ether oxygens (including phenoxy) is 1. The Morgan fingerprint density at radius 2 is 2.47 bits per heavy atom. The van der Waals surface area contributed by atoms with Gasteiger partial charge in [-0.05, 0) is 18.0 Å². The van der Waals surface area contributed by atoms with Crippen LogP contribution in [-0.2, 0) is 4.74 Å². The standard InChI is InChI=1S/C9H13N5O2S/c1-2-3-15-5-6(10)8-12-9(16-13-8)7-4-11-14-17-7/h4,6H,2-3,5,10H2,1H3. The number of aromatic nitrogens is 4. The molecule has 0 amide bonds. The first-order valence-corrected chi connectivity index (χ1v) is 6.03. The fourth-order valence-electron chi connectivity index (χ4n) is 1.18. The molecular weight excluding hydrogens is 242 g/mol. The summed E-state index contributed by atoms with van der Waals surface area (Å²) in [4.78, 5) is 4.91. The lowest BCUT2D eigenvalue weighted by Gasteiger charge is -2.06. The van der Waals surface area contributed by atoms with Gasteiger partial charge in [-0.1, -0.05) is 16.6 Å². The summed E-state index contributed by atoms with van der Waals surface area (Å²) >= 11 is 1.19. The number of hydrogen-bond donors (Lipinski definition) is 1. The van der Waals surface area contributed by atoms with Crippen molar-refractivity contribution < 1.29 is 9.26 Å². The Kier molecular flexibility index (Phi) is 4.13. The maximum Gasteiger partial charge on any atom is 0.271 e. The van der Waals surface area contributed by atoms with Crippen LogP contribution < -0.4 is 5.73 Å². The first kappa shape index (κ1) is 12.1. The van der Waals surface area contributed by atoms with E-state index < -0.39 is 0 Å². The van der Waals surface area contributed by atoms with Crippen LogP contribution in [0.1, 0.15) is 25.2 Å². The molecule has 0 aromatic carbocycles. The first-order valence-electron chi connectivity index (χ1n) is 5.26. The Balaban J connectivity index is 1.98. The fraction of sp³-hybridized carbons (Fsp3) is 0.556. The summed E-state index contributed by atoms with van der Waals surface area (Å²) in [5, 5.41) is 7.51. The van der Waals surface area contributed by atoms with Gasteiger partial charge in [0.05, 0.1) is 18.8 Å². The molecule has 1 atom stereocenters. The minimum absolute atomic E-state index is 0.375. The fourth-order valence-corrected chi connectivity index (χ4v) is 1.61. The quantitative estimate of drug-likeness (QED) is 0.769. The van der Waals surface area contributed by atoms with Crippen LogP contribution in [0.15, 0.2) is 10.7 Å². The van der Waals surface area contributed by atoms with Crippen LogP contribution in [0.5, 0.6) is 0 Å². The van der Waals surface area contributed by atoms with Crippen molar-refractivity contribution in [2.24, 2.45) is 5.73 Å². The highest BCUT2D eigenvalue weighted by molar-refractivity contribution is 7.09. The molecule has 0 aliphatic heterocycles. The van der Waals surface area contributed by atoms with Gasteiger partial charge in [0.15, 0.2) is 5.82 Å². The maximum absolute atomic E-state index is 5.86. The van der Waals surface area contributed by atoms with Crippen LogP contribution in [0.3, 0.4) is 0 Å². The zero-order chi connectivity index (χ0) is 12.1. The Morgan fingerprint density at radius 3 is 3.18 bits per heavy atom. The summed E-state index contributed by atoms with van der Waals surface area (Å²) in [7, 11) is 0. The highest BCUT2D eigenvalue weighted by atomic mass is 32.1. The molecule has 0 fully saturated rings. The van der Waals surface area contributed by atoms with Gasteiger partial charge in [0.1, 0.15) is 4.88 Å². The van der Waals surface area contributed by atoms with Gasteiger partial charge in [-0.25, -0.2) is 0 Å². The van der Waals surface area contributed by atoms with Crippen LogP contribution >= 0.6 is 11.5 Å². The molecule has 0 aliphatic rings. The summed E-state index contributed by atoms with van der Waals surface area (Å²) in [5.41, 5.74) is 5.86. The third kappa shape index (κ3) is 3.05. The van der Waals surface area contributed by atoms with Gasteiger partial charge in [-0.3, -0.25) is 0 Å². The lowest BCUT2D eigenvalue weighted by molar-refractivity contribution is 0.119. The number of rotatable bonds is 6. The minimum atomic E-state index is -0.375. The van der Waals surface area contributed by atoms with Gasteiger partial charge in [0.2, 0.25) is 0 Å². The summed E-state index contributed by atoms with van der Waals surface area (Å²) in [6, 6.07) is -0.375. The number of nitrogens with zero attached hydrogens (tertiary/aromatic N) is 4. The van der Waals surface area contributed by atoms with E-state index >= 15 is 0 Å². The average molecular weight is 255 g/mol. The molecule has 0 aliphatic carbocycles. The van der Waals surface area contributed by atoms with Gasteiger partial charge >= 0.3 is 0 Å². The molecule has 0 spiro atoms. The third-order valence-corrected chi connectivity index (χ3v) is 2.64. The summed E-state index contributed by atoms with van der Waals surface area (Å²) in [6.07, 6.45) is 2.53. The Labute approximate surface area is 102 Å². The van der Waals surface area contributed by atoms with Crippen molar-refractivity contribution in [3.63, 3.8) is 0 Å². The van der Waals surface area contributed by atoms with Crippen LogP contribution in [-0.4, -0.2) is 32.9 Å². The summed E-state index contributed by atoms with van der Waals surface area (Å²) in [6.45, 7) is 3.10. The van der Waals surface area contributed by atoms with E-state index in [9.17, 15) is 0 Å². The average Bonchev–Trinajstić information content (AvgIpc) is 3.00. The predicted octanol–water partition coefficient (Wildman–Crippen LogP) is 1.01. The molecular formula is C9H13N5O2S. The van der Waals surface area contributed by atoms with Crippen molar-refractivity contribution in [3.05, 3.63) is 12.0 Å². The molecule has 0 saturated carbocycles. The predicted molar refractivity (Wildman–Crippen MR) is 61.2 cm³/mol. The second-order valence-corrected chi connectivity index (χ2v) is 4.21. The van der Waals surface area contributed by atoms with Gasteiger partial charge in [-0.15, -0.1) is 5.10 Å². The van der Waals surface area contributed by atoms with E-state index in [4.69, 9.17) is 15.0 Å². The Morgan fingerprint density at radius 1 is 1.59 bits per heavy atom. The van der Waals surface area contributed by atoms with E-state index in [2.05, 4.69) is 19.7 Å². The molecule has 2 heterocycles. The molecule has 2 aromatic rings.